The van der Waals surface area contributed by atoms with E-state index >= 15 is 0 Å². The molecule has 3 aromatic rings. The minimum absolute atomic E-state index is 0.430. The zero-order valence-electron chi connectivity index (χ0n) is 12.9. The molecule has 2 aromatic carbocycles. The molecule has 1 aromatic heterocycles. The van der Waals surface area contributed by atoms with Gasteiger partial charge in [-0.3, -0.25) is 0 Å². The van der Waals surface area contributed by atoms with Gasteiger partial charge in [0.25, 0.3) is 0 Å². The van der Waals surface area contributed by atoms with Crippen molar-refractivity contribution in [1.29, 1.82) is 0 Å². The minimum atomic E-state index is -0.430. The van der Waals surface area contributed by atoms with Gasteiger partial charge in [0, 0.05) is 17.1 Å². The second-order valence-electron chi connectivity index (χ2n) is 6.10. The molecule has 5 heteroatoms. The van der Waals surface area contributed by atoms with Crippen molar-refractivity contribution in [2.75, 3.05) is 16.8 Å². The minimum Gasteiger partial charge on any atom is -0.453 e. The van der Waals surface area contributed by atoms with E-state index in [-0.39, 0.29) is 0 Å². The third kappa shape index (κ3) is 2.17. The van der Waals surface area contributed by atoms with Crippen LogP contribution in [0, 0.1) is 0 Å². The summed E-state index contributed by atoms with van der Waals surface area (Å²) in [5, 5.41) is 15.9. The first kappa shape index (κ1) is 13.9. The molecule has 0 saturated carbocycles. The van der Waals surface area contributed by atoms with Crippen molar-refractivity contribution in [3.63, 3.8) is 0 Å². The molecule has 4 nitrogen and oxygen atoms in total. The fraction of sp³-hybridized carbons (Fsp3) is 0.158. The van der Waals surface area contributed by atoms with Gasteiger partial charge in [0.2, 0.25) is 0 Å². The van der Waals surface area contributed by atoms with E-state index in [2.05, 4.69) is 27.7 Å². The number of hydrogen-bond donors (Lipinski definition) is 2. The van der Waals surface area contributed by atoms with E-state index in [0.717, 1.165) is 40.7 Å². The summed E-state index contributed by atoms with van der Waals surface area (Å²) in [5.41, 5.74) is 4.09. The van der Waals surface area contributed by atoms with E-state index in [1.807, 2.05) is 36.4 Å². The zero-order valence-corrected chi connectivity index (χ0v) is 13.7. The molecule has 120 valence electrons. The highest BCUT2D eigenvalue weighted by molar-refractivity contribution is 7.10. The van der Waals surface area contributed by atoms with Crippen LogP contribution in [0.5, 0.6) is 11.5 Å². The standard InChI is InChI=1S/C19H16N2O2S/c22-16-10-21(11-19-13(16)7-8-24-19)12-5-6-18-15(9-12)20-14-3-1-2-4-17(14)23-18/h1-9,16,20,22H,10-11H2. The maximum absolute atomic E-state index is 10.4. The van der Waals surface area contributed by atoms with Crippen LogP contribution in [0.25, 0.3) is 0 Å². The number of aliphatic hydroxyl groups is 1. The topological polar surface area (TPSA) is 44.7 Å². The molecule has 0 saturated heterocycles. The van der Waals surface area contributed by atoms with Gasteiger partial charge in [0.15, 0.2) is 11.5 Å². The van der Waals surface area contributed by atoms with Crippen LogP contribution < -0.4 is 15.0 Å². The second kappa shape index (κ2) is 5.26. The molecule has 24 heavy (non-hydrogen) atoms. The molecule has 0 aliphatic carbocycles. The number of thiophene rings is 1. The van der Waals surface area contributed by atoms with Crippen LogP contribution in [-0.2, 0) is 6.54 Å². The lowest BCUT2D eigenvalue weighted by Crippen LogP contribution is -2.32. The van der Waals surface area contributed by atoms with Gasteiger partial charge >= 0.3 is 0 Å². The number of β-amino-alcohol motifs (C(OH)–C–C–N with tert-alkyl or cyclic N) is 1. The van der Waals surface area contributed by atoms with Crippen molar-refractivity contribution >= 4 is 28.4 Å². The molecule has 2 aliphatic heterocycles. The molecule has 0 spiro atoms. The summed E-state index contributed by atoms with van der Waals surface area (Å²) in [4.78, 5) is 3.45. The van der Waals surface area contributed by atoms with Gasteiger partial charge in [-0.1, -0.05) is 12.1 Å². The van der Waals surface area contributed by atoms with Crippen LogP contribution in [0.3, 0.4) is 0 Å². The first-order chi connectivity index (χ1) is 11.8. The van der Waals surface area contributed by atoms with E-state index < -0.39 is 6.10 Å². The average molecular weight is 336 g/mol. The lowest BCUT2D eigenvalue weighted by atomic mass is 10.0. The summed E-state index contributed by atoms with van der Waals surface area (Å²) in [6, 6.07) is 16.1. The molecule has 3 heterocycles. The molecule has 5 rings (SSSR count). The van der Waals surface area contributed by atoms with Crippen LogP contribution in [0.2, 0.25) is 0 Å². The van der Waals surface area contributed by atoms with E-state index in [9.17, 15) is 5.11 Å². The fourth-order valence-electron chi connectivity index (χ4n) is 3.34. The Balaban J connectivity index is 1.47. The molecular formula is C19H16N2O2S. The smallest absolute Gasteiger partial charge is 0.151 e. The van der Waals surface area contributed by atoms with Crippen LogP contribution in [0.4, 0.5) is 17.1 Å². The van der Waals surface area contributed by atoms with Crippen molar-refractivity contribution in [3.8, 4) is 11.5 Å². The molecule has 0 bridgehead atoms. The summed E-state index contributed by atoms with van der Waals surface area (Å²) < 4.78 is 5.96. The Bertz CT molecular complexity index is 921. The number of hydrogen-bond acceptors (Lipinski definition) is 5. The van der Waals surface area contributed by atoms with Crippen LogP contribution in [0.15, 0.2) is 53.9 Å². The van der Waals surface area contributed by atoms with E-state index in [1.165, 1.54) is 4.88 Å². The summed E-state index contributed by atoms with van der Waals surface area (Å²) >= 11 is 1.71. The predicted octanol–water partition coefficient (Wildman–Crippen LogP) is 4.65. The number of nitrogens with one attached hydrogen (secondary N) is 1. The number of anilines is 3. The normalized spacial score (nSPS) is 18.0. The molecule has 1 atom stereocenters. The highest BCUT2D eigenvalue weighted by Crippen LogP contribution is 2.44. The number of aliphatic hydroxyl groups excluding tert-OH is 1. The van der Waals surface area contributed by atoms with Gasteiger partial charge < -0.3 is 20.1 Å². The average Bonchev–Trinajstić information content (AvgIpc) is 3.08. The molecular weight excluding hydrogens is 320 g/mol. The fourth-order valence-corrected chi connectivity index (χ4v) is 4.29. The Kier molecular flexibility index (Phi) is 3.04. The molecule has 0 radical (unpaired) electrons. The number of benzene rings is 2. The van der Waals surface area contributed by atoms with Crippen molar-refractivity contribution in [1.82, 2.24) is 0 Å². The maximum Gasteiger partial charge on any atom is 0.151 e. The van der Waals surface area contributed by atoms with Gasteiger partial charge in [-0.05, 0) is 47.3 Å². The molecule has 0 amide bonds. The van der Waals surface area contributed by atoms with Crippen molar-refractivity contribution in [2.45, 2.75) is 12.6 Å². The summed E-state index contributed by atoms with van der Waals surface area (Å²) in [6.45, 7) is 1.44. The zero-order chi connectivity index (χ0) is 16.1. The van der Waals surface area contributed by atoms with Gasteiger partial charge in [0.05, 0.1) is 24.0 Å². The Morgan fingerprint density at radius 1 is 1.08 bits per heavy atom. The number of rotatable bonds is 1. The molecule has 0 fully saturated rings. The quantitative estimate of drug-likeness (QED) is 0.531. The second-order valence-corrected chi connectivity index (χ2v) is 7.10. The monoisotopic (exact) mass is 336 g/mol. The van der Waals surface area contributed by atoms with Gasteiger partial charge in [-0.15, -0.1) is 11.3 Å². The third-order valence-electron chi connectivity index (χ3n) is 4.57. The van der Waals surface area contributed by atoms with Crippen LogP contribution in [-0.4, -0.2) is 11.7 Å². The Morgan fingerprint density at radius 2 is 1.96 bits per heavy atom. The summed E-state index contributed by atoms with van der Waals surface area (Å²) in [5.74, 6) is 1.67. The lowest BCUT2D eigenvalue weighted by Gasteiger charge is -2.33. The van der Waals surface area contributed by atoms with E-state index in [1.54, 1.807) is 11.3 Å². The number of fused-ring (bicyclic) bond motifs is 3. The van der Waals surface area contributed by atoms with Crippen molar-refractivity contribution in [2.24, 2.45) is 0 Å². The Hall–Kier alpha value is -2.50. The Morgan fingerprint density at radius 3 is 2.92 bits per heavy atom. The van der Waals surface area contributed by atoms with Gasteiger partial charge in [0.1, 0.15) is 0 Å². The van der Waals surface area contributed by atoms with Crippen LogP contribution >= 0.6 is 11.3 Å². The maximum atomic E-state index is 10.4. The van der Waals surface area contributed by atoms with Gasteiger partial charge in [-0.25, -0.2) is 0 Å². The van der Waals surface area contributed by atoms with Crippen LogP contribution in [0.1, 0.15) is 16.5 Å². The third-order valence-corrected chi connectivity index (χ3v) is 5.49. The lowest BCUT2D eigenvalue weighted by molar-refractivity contribution is 0.176. The van der Waals surface area contributed by atoms with Crippen molar-refractivity contribution < 1.29 is 9.84 Å². The number of ether oxygens (including phenoxy) is 1. The Labute approximate surface area is 143 Å². The van der Waals surface area contributed by atoms with Crippen molar-refractivity contribution in [3.05, 3.63) is 64.4 Å². The number of nitrogens with zero attached hydrogens (tertiary/aromatic N) is 1. The summed E-state index contributed by atoms with van der Waals surface area (Å²) in [6.07, 6.45) is -0.430. The molecule has 2 N–H and O–H groups in total. The largest absolute Gasteiger partial charge is 0.453 e. The van der Waals surface area contributed by atoms with Gasteiger partial charge in [-0.2, -0.15) is 0 Å². The predicted molar refractivity (Wildman–Crippen MR) is 96.6 cm³/mol. The van der Waals surface area contributed by atoms with E-state index in [0.29, 0.717) is 6.54 Å². The first-order valence-corrected chi connectivity index (χ1v) is 8.83. The van der Waals surface area contributed by atoms with E-state index in [4.69, 9.17) is 4.74 Å². The highest BCUT2D eigenvalue weighted by Gasteiger charge is 2.26. The first-order valence-electron chi connectivity index (χ1n) is 7.95. The number of para-hydroxylation sites is 2. The SMILES string of the molecule is OC1CN(c2ccc3c(c2)Nc2ccccc2O3)Cc2sccc21. The molecule has 2 aliphatic rings. The molecule has 1 unspecified atom stereocenters. The summed E-state index contributed by atoms with van der Waals surface area (Å²) in [7, 11) is 0. The highest BCUT2D eigenvalue weighted by atomic mass is 32.1.